The van der Waals surface area contributed by atoms with Crippen LogP contribution in [0.15, 0.2) is 24.3 Å². The van der Waals surface area contributed by atoms with Crippen molar-refractivity contribution in [2.45, 2.75) is 32.2 Å². The first-order valence-corrected chi connectivity index (χ1v) is 10.4. The Bertz CT molecular complexity index is 649. The molecule has 2 fully saturated rings. The minimum atomic E-state index is -0.204. The smallest absolute Gasteiger partial charge is 0.319 e. The highest BCUT2D eigenvalue weighted by molar-refractivity contribution is 5.95. The number of anilines is 1. The predicted molar refractivity (Wildman–Crippen MR) is 112 cm³/mol. The van der Waals surface area contributed by atoms with Crippen LogP contribution in [0.25, 0.3) is 0 Å². The van der Waals surface area contributed by atoms with Gasteiger partial charge in [-0.2, -0.15) is 0 Å². The molecule has 2 aliphatic heterocycles. The summed E-state index contributed by atoms with van der Waals surface area (Å²) in [6.07, 6.45) is 3.09. The molecule has 2 N–H and O–H groups in total. The van der Waals surface area contributed by atoms with Crippen molar-refractivity contribution < 1.29 is 9.59 Å². The zero-order chi connectivity index (χ0) is 19.9. The summed E-state index contributed by atoms with van der Waals surface area (Å²) in [6.45, 7) is 9.13. The summed E-state index contributed by atoms with van der Waals surface area (Å²) in [4.78, 5) is 31.3. The van der Waals surface area contributed by atoms with Gasteiger partial charge in [0.05, 0.1) is 0 Å². The fourth-order valence-electron chi connectivity index (χ4n) is 3.71. The summed E-state index contributed by atoms with van der Waals surface area (Å²) in [5.41, 5.74) is 1.37. The molecule has 0 spiro atoms. The molecule has 2 heterocycles. The molecule has 0 aliphatic carbocycles. The average Bonchev–Trinajstić information content (AvgIpc) is 3.22. The lowest BCUT2D eigenvalue weighted by Gasteiger charge is -2.32. The van der Waals surface area contributed by atoms with Crippen molar-refractivity contribution in [2.24, 2.45) is 0 Å². The largest absolute Gasteiger partial charge is 0.339 e. The maximum absolute atomic E-state index is 12.4. The highest BCUT2D eigenvalue weighted by atomic mass is 16.2. The number of likely N-dealkylation sites (N-methyl/N-ethyl adjacent to an activating group) is 1. The van der Waals surface area contributed by atoms with Gasteiger partial charge in [-0.25, -0.2) is 4.79 Å². The zero-order valence-electron chi connectivity index (χ0n) is 17.1. The number of hydrogen-bond acceptors (Lipinski definition) is 4. The van der Waals surface area contributed by atoms with Gasteiger partial charge in [0.25, 0.3) is 5.91 Å². The van der Waals surface area contributed by atoms with Crippen LogP contribution < -0.4 is 10.6 Å². The van der Waals surface area contributed by atoms with E-state index in [1.807, 2.05) is 11.8 Å². The third-order valence-electron chi connectivity index (χ3n) is 5.63. The number of urea groups is 1. The van der Waals surface area contributed by atoms with Gasteiger partial charge in [0.2, 0.25) is 0 Å². The molecule has 2 aliphatic rings. The van der Waals surface area contributed by atoms with Gasteiger partial charge in [-0.3, -0.25) is 4.79 Å². The molecule has 0 radical (unpaired) electrons. The molecule has 154 valence electrons. The van der Waals surface area contributed by atoms with E-state index in [2.05, 4.69) is 27.5 Å². The molecular weight excluding hydrogens is 354 g/mol. The van der Waals surface area contributed by atoms with Gasteiger partial charge in [0.1, 0.15) is 0 Å². The van der Waals surface area contributed by atoms with Gasteiger partial charge in [-0.05, 0) is 57.5 Å². The average molecular weight is 388 g/mol. The topological polar surface area (TPSA) is 67.9 Å². The van der Waals surface area contributed by atoms with Gasteiger partial charge in [0, 0.05) is 63.1 Å². The van der Waals surface area contributed by atoms with Gasteiger partial charge in [-0.1, -0.05) is 0 Å². The first-order valence-electron chi connectivity index (χ1n) is 10.4. The predicted octanol–water partition coefficient (Wildman–Crippen LogP) is 2.07. The summed E-state index contributed by atoms with van der Waals surface area (Å²) in [5.74, 6) is 0.0750. The molecule has 2 saturated heterocycles. The van der Waals surface area contributed by atoms with Crippen molar-refractivity contribution >= 4 is 17.6 Å². The van der Waals surface area contributed by atoms with Gasteiger partial charge < -0.3 is 25.3 Å². The number of carbonyl (C=O) groups excluding carboxylic acids is 2. The first kappa shape index (κ1) is 20.6. The van der Waals surface area contributed by atoms with E-state index >= 15 is 0 Å². The van der Waals surface area contributed by atoms with E-state index in [0.29, 0.717) is 11.3 Å². The van der Waals surface area contributed by atoms with Crippen LogP contribution in [-0.4, -0.2) is 85.5 Å². The molecule has 1 atom stereocenters. The fraction of sp³-hybridized carbons (Fsp3) is 0.619. The molecule has 7 heteroatoms. The third kappa shape index (κ3) is 5.94. The van der Waals surface area contributed by atoms with Crippen LogP contribution in [0.5, 0.6) is 0 Å². The van der Waals surface area contributed by atoms with E-state index in [1.54, 1.807) is 24.3 Å². The Labute approximate surface area is 168 Å². The molecule has 0 unspecified atom stereocenters. The quantitative estimate of drug-likeness (QED) is 0.784. The Morgan fingerprint density at radius 2 is 1.64 bits per heavy atom. The lowest BCUT2D eigenvalue weighted by atomic mass is 10.2. The van der Waals surface area contributed by atoms with Crippen LogP contribution in [0.4, 0.5) is 10.5 Å². The number of benzene rings is 1. The van der Waals surface area contributed by atoms with Gasteiger partial charge in [-0.15, -0.1) is 0 Å². The van der Waals surface area contributed by atoms with E-state index in [9.17, 15) is 9.59 Å². The molecule has 3 rings (SSSR count). The SMILES string of the molecule is C[C@H](CCN1CCN(C)CC1)NC(=O)Nc1ccc(C(=O)N2CCCC2)cc1. The van der Waals surface area contributed by atoms with E-state index in [0.717, 1.165) is 65.1 Å². The summed E-state index contributed by atoms with van der Waals surface area (Å²) in [6, 6.07) is 7.05. The summed E-state index contributed by atoms with van der Waals surface area (Å²) in [7, 11) is 2.15. The molecule has 7 nitrogen and oxygen atoms in total. The molecule has 28 heavy (non-hydrogen) atoms. The number of rotatable bonds is 6. The Morgan fingerprint density at radius 3 is 2.29 bits per heavy atom. The Balaban J connectivity index is 1.39. The molecule has 1 aromatic rings. The third-order valence-corrected chi connectivity index (χ3v) is 5.63. The summed E-state index contributed by atoms with van der Waals surface area (Å²) in [5, 5.41) is 5.85. The second-order valence-electron chi connectivity index (χ2n) is 8.01. The Morgan fingerprint density at radius 1 is 1.00 bits per heavy atom. The molecule has 1 aromatic carbocycles. The van der Waals surface area contributed by atoms with Crippen molar-refractivity contribution in [1.29, 1.82) is 0 Å². The second kappa shape index (κ2) is 9.89. The van der Waals surface area contributed by atoms with Crippen LogP contribution in [0.2, 0.25) is 0 Å². The molecule has 0 aromatic heterocycles. The highest BCUT2D eigenvalue weighted by Crippen LogP contribution is 2.15. The van der Waals surface area contributed by atoms with Crippen LogP contribution in [0.1, 0.15) is 36.5 Å². The maximum atomic E-state index is 12.4. The van der Waals surface area contributed by atoms with E-state index in [-0.39, 0.29) is 18.0 Å². The van der Waals surface area contributed by atoms with E-state index < -0.39 is 0 Å². The van der Waals surface area contributed by atoms with Crippen LogP contribution >= 0.6 is 0 Å². The van der Waals surface area contributed by atoms with Gasteiger partial charge in [0.15, 0.2) is 0 Å². The number of likely N-dealkylation sites (tertiary alicyclic amines) is 1. The standard InChI is InChI=1S/C21H33N5O2/c1-17(9-12-25-15-13-24(2)14-16-25)22-21(28)23-19-7-5-18(6-8-19)20(27)26-10-3-4-11-26/h5-8,17H,3-4,9-16H2,1-2H3,(H2,22,23,28)/t17-/m1/s1. The normalized spacial score (nSPS) is 19.4. The van der Waals surface area contributed by atoms with Crippen molar-refractivity contribution in [1.82, 2.24) is 20.0 Å². The molecular formula is C21H33N5O2. The Kier molecular flexibility index (Phi) is 7.28. The lowest BCUT2D eigenvalue weighted by Crippen LogP contribution is -2.46. The molecule has 3 amide bonds. The van der Waals surface area contributed by atoms with E-state index in [4.69, 9.17) is 0 Å². The van der Waals surface area contributed by atoms with Crippen molar-refractivity contribution in [3.63, 3.8) is 0 Å². The number of piperazine rings is 1. The zero-order valence-corrected chi connectivity index (χ0v) is 17.1. The Hall–Kier alpha value is -2.12. The van der Waals surface area contributed by atoms with Crippen molar-refractivity contribution in [3.05, 3.63) is 29.8 Å². The van der Waals surface area contributed by atoms with Crippen molar-refractivity contribution in [3.8, 4) is 0 Å². The molecule has 0 bridgehead atoms. The van der Waals surface area contributed by atoms with Crippen LogP contribution in [0.3, 0.4) is 0 Å². The second-order valence-corrected chi connectivity index (χ2v) is 8.01. The summed E-state index contributed by atoms with van der Waals surface area (Å²) >= 11 is 0. The minimum Gasteiger partial charge on any atom is -0.339 e. The number of hydrogen-bond donors (Lipinski definition) is 2. The summed E-state index contributed by atoms with van der Waals surface area (Å²) < 4.78 is 0. The van der Waals surface area contributed by atoms with E-state index in [1.165, 1.54) is 0 Å². The number of nitrogens with zero attached hydrogens (tertiary/aromatic N) is 3. The number of nitrogens with one attached hydrogen (secondary N) is 2. The first-order chi connectivity index (χ1) is 13.5. The van der Waals surface area contributed by atoms with Crippen molar-refractivity contribution in [2.75, 3.05) is 58.2 Å². The number of amides is 3. The maximum Gasteiger partial charge on any atom is 0.319 e. The van der Waals surface area contributed by atoms with Crippen LogP contribution in [-0.2, 0) is 0 Å². The van der Waals surface area contributed by atoms with Gasteiger partial charge >= 0.3 is 6.03 Å². The van der Waals surface area contributed by atoms with Crippen LogP contribution in [0, 0.1) is 0 Å². The minimum absolute atomic E-state index is 0.0750. The highest BCUT2D eigenvalue weighted by Gasteiger charge is 2.19. The fourth-order valence-corrected chi connectivity index (χ4v) is 3.71. The lowest BCUT2D eigenvalue weighted by molar-refractivity contribution is 0.0793. The monoisotopic (exact) mass is 387 g/mol. The molecule has 0 saturated carbocycles. The number of carbonyl (C=O) groups is 2.